The number of aliphatic hydroxyl groups excluding tert-OH is 2. The highest BCUT2D eigenvalue weighted by Gasteiger charge is 2.29. The second kappa shape index (κ2) is 14.2. The summed E-state index contributed by atoms with van der Waals surface area (Å²) < 4.78 is 0. The molecular formula is C49H42N2O3. The van der Waals surface area contributed by atoms with Crippen LogP contribution in [0.3, 0.4) is 0 Å². The van der Waals surface area contributed by atoms with Gasteiger partial charge in [-0.2, -0.15) is 0 Å². The Hall–Kier alpha value is -6.46. The summed E-state index contributed by atoms with van der Waals surface area (Å²) in [6.45, 7) is 0.809. The zero-order valence-corrected chi connectivity index (χ0v) is 30.0. The number of anilines is 2. The maximum Gasteiger partial charge on any atom is 0.125 e. The van der Waals surface area contributed by atoms with Gasteiger partial charge in [-0.1, -0.05) is 121 Å². The van der Waals surface area contributed by atoms with Crippen LogP contribution in [0.25, 0.3) is 34.6 Å². The van der Waals surface area contributed by atoms with Crippen molar-refractivity contribution in [3.8, 4) is 5.75 Å². The lowest BCUT2D eigenvalue weighted by molar-refractivity contribution is 0.428. The molecule has 0 fully saturated rings. The first-order valence-corrected chi connectivity index (χ1v) is 18.8. The Morgan fingerprint density at radius 2 is 1.46 bits per heavy atom. The maximum atomic E-state index is 11.7. The van der Waals surface area contributed by atoms with E-state index in [-0.39, 0.29) is 29.1 Å². The molecule has 0 radical (unpaired) electrons. The molecule has 4 aliphatic carbocycles. The molecule has 0 spiro atoms. The third-order valence-electron chi connectivity index (χ3n) is 11.2. The largest absolute Gasteiger partial charge is 0.508 e. The Bertz CT molecular complexity index is 2640. The van der Waals surface area contributed by atoms with Crippen molar-refractivity contribution in [2.45, 2.75) is 38.3 Å². The summed E-state index contributed by atoms with van der Waals surface area (Å²) in [6.07, 6.45) is 23.3. The molecule has 0 aliphatic heterocycles. The smallest absolute Gasteiger partial charge is 0.125 e. The Balaban J connectivity index is 1.03. The van der Waals surface area contributed by atoms with Crippen LogP contribution in [0, 0.1) is 5.92 Å². The topological polar surface area (TPSA) is 84.8 Å². The summed E-state index contributed by atoms with van der Waals surface area (Å²) in [5, 5.41) is 45.9. The molecule has 5 nitrogen and oxygen atoms in total. The van der Waals surface area contributed by atoms with Gasteiger partial charge in [0.05, 0.1) is 0 Å². The van der Waals surface area contributed by atoms with Crippen molar-refractivity contribution in [2.24, 2.45) is 5.92 Å². The summed E-state index contributed by atoms with van der Waals surface area (Å²) in [6, 6.07) is 31.0. The van der Waals surface area contributed by atoms with Crippen LogP contribution < -0.4 is 21.1 Å². The van der Waals surface area contributed by atoms with Crippen molar-refractivity contribution in [3.05, 3.63) is 194 Å². The van der Waals surface area contributed by atoms with Crippen LogP contribution in [-0.2, 0) is 13.1 Å². The molecule has 54 heavy (non-hydrogen) atoms. The van der Waals surface area contributed by atoms with E-state index in [0.717, 1.165) is 80.4 Å². The van der Waals surface area contributed by atoms with E-state index in [1.165, 1.54) is 16.0 Å². The van der Waals surface area contributed by atoms with E-state index >= 15 is 0 Å². The van der Waals surface area contributed by atoms with Crippen LogP contribution in [0.4, 0.5) is 11.4 Å². The Kier molecular flexibility index (Phi) is 8.76. The van der Waals surface area contributed by atoms with Crippen molar-refractivity contribution in [2.75, 3.05) is 10.6 Å². The summed E-state index contributed by atoms with van der Waals surface area (Å²) in [4.78, 5) is 0. The number of phenols is 1. The fourth-order valence-corrected chi connectivity index (χ4v) is 8.56. The zero-order chi connectivity index (χ0) is 36.6. The first-order valence-electron chi connectivity index (χ1n) is 18.8. The highest BCUT2D eigenvalue weighted by molar-refractivity contribution is 6.01. The number of rotatable bonds is 8. The monoisotopic (exact) mass is 706 g/mol. The van der Waals surface area contributed by atoms with Gasteiger partial charge in [0.1, 0.15) is 17.3 Å². The van der Waals surface area contributed by atoms with Gasteiger partial charge in [0.2, 0.25) is 0 Å². The van der Waals surface area contributed by atoms with Gasteiger partial charge in [0.25, 0.3) is 0 Å². The van der Waals surface area contributed by atoms with Gasteiger partial charge < -0.3 is 26.0 Å². The first-order chi connectivity index (χ1) is 26.5. The minimum absolute atomic E-state index is 0.0559. The van der Waals surface area contributed by atoms with Crippen molar-refractivity contribution < 1.29 is 15.3 Å². The number of aromatic hydroxyl groups is 1. The zero-order valence-electron chi connectivity index (χ0n) is 30.0. The van der Waals surface area contributed by atoms with Gasteiger partial charge in [0.15, 0.2) is 0 Å². The average molecular weight is 707 g/mol. The lowest BCUT2D eigenvalue weighted by Gasteiger charge is -2.29. The first kappa shape index (κ1) is 33.4. The van der Waals surface area contributed by atoms with E-state index < -0.39 is 0 Å². The van der Waals surface area contributed by atoms with Crippen LogP contribution in [0.1, 0.15) is 58.6 Å². The normalized spacial score (nSPS) is 18.4. The summed E-state index contributed by atoms with van der Waals surface area (Å²) in [7, 11) is 0. The number of para-hydroxylation sites is 1. The van der Waals surface area contributed by atoms with Crippen molar-refractivity contribution in [1.82, 2.24) is 0 Å². The molecule has 0 aromatic heterocycles. The van der Waals surface area contributed by atoms with Crippen LogP contribution in [0.5, 0.6) is 5.75 Å². The van der Waals surface area contributed by atoms with E-state index in [2.05, 4.69) is 95.6 Å². The molecule has 5 aromatic carbocycles. The fourth-order valence-electron chi connectivity index (χ4n) is 8.56. The molecule has 4 aliphatic rings. The molecule has 0 heterocycles. The Labute approximate surface area is 315 Å². The number of aliphatic hydroxyl groups is 2. The minimum Gasteiger partial charge on any atom is -0.508 e. The number of benzene rings is 5. The van der Waals surface area contributed by atoms with Gasteiger partial charge in [-0.05, 0) is 93.1 Å². The predicted molar refractivity (Wildman–Crippen MR) is 223 cm³/mol. The third kappa shape index (κ3) is 6.12. The molecule has 0 saturated carbocycles. The van der Waals surface area contributed by atoms with E-state index in [9.17, 15) is 15.3 Å². The van der Waals surface area contributed by atoms with Crippen LogP contribution in [0.2, 0.25) is 0 Å². The average Bonchev–Trinajstić information content (AvgIpc) is 3.38. The number of fused-ring (bicyclic) bond motifs is 4. The lowest BCUT2D eigenvalue weighted by Crippen LogP contribution is -2.33. The number of phenolic OH excluding ortho intramolecular Hbond substituents is 1. The molecule has 5 heteroatoms. The fraction of sp³-hybridized carbons (Fsp3) is 0.143. The van der Waals surface area contributed by atoms with E-state index in [0.29, 0.717) is 13.1 Å². The molecule has 5 N–H and O–H groups in total. The molecule has 2 atom stereocenters. The molecule has 0 saturated heterocycles. The predicted octanol–water partition coefficient (Wildman–Crippen LogP) is 10.1. The highest BCUT2D eigenvalue weighted by atomic mass is 16.3. The molecule has 266 valence electrons. The van der Waals surface area contributed by atoms with E-state index in [1.54, 1.807) is 12.2 Å². The molecule has 0 bridgehead atoms. The van der Waals surface area contributed by atoms with E-state index in [1.807, 2.05) is 54.6 Å². The van der Waals surface area contributed by atoms with Crippen LogP contribution in [0.15, 0.2) is 151 Å². The van der Waals surface area contributed by atoms with Gasteiger partial charge in [-0.25, -0.2) is 0 Å². The minimum atomic E-state index is -0.165. The summed E-state index contributed by atoms with van der Waals surface area (Å²) >= 11 is 0. The number of hydrogen-bond donors (Lipinski definition) is 5. The van der Waals surface area contributed by atoms with Gasteiger partial charge >= 0.3 is 0 Å². The second-order valence-corrected chi connectivity index (χ2v) is 14.4. The number of hydrogen-bond acceptors (Lipinski definition) is 5. The van der Waals surface area contributed by atoms with Crippen molar-refractivity contribution in [3.63, 3.8) is 0 Å². The SMILES string of the molecule is OC1=CC(c2c(NCc3cccc(CNc4ccc5ccccc5c4C4=C(O)C=CC5=CC=CCC54)c3O)ccc3c2=CCCC=3)c2ccccc2C=C1. The van der Waals surface area contributed by atoms with Crippen LogP contribution >= 0.6 is 0 Å². The van der Waals surface area contributed by atoms with Gasteiger partial charge in [0, 0.05) is 58.6 Å². The Morgan fingerprint density at radius 3 is 2.35 bits per heavy atom. The van der Waals surface area contributed by atoms with Crippen LogP contribution in [-0.4, -0.2) is 15.3 Å². The highest BCUT2D eigenvalue weighted by Crippen LogP contribution is 2.45. The molecule has 5 aromatic rings. The number of allylic oxidation sites excluding steroid dienone is 9. The third-order valence-corrected chi connectivity index (χ3v) is 11.2. The Morgan fingerprint density at radius 1 is 0.685 bits per heavy atom. The van der Waals surface area contributed by atoms with Crippen molar-refractivity contribution >= 4 is 45.9 Å². The maximum absolute atomic E-state index is 11.7. The molecule has 0 amide bonds. The second-order valence-electron chi connectivity index (χ2n) is 14.4. The van der Waals surface area contributed by atoms with Gasteiger partial charge in [-0.15, -0.1) is 0 Å². The van der Waals surface area contributed by atoms with Crippen molar-refractivity contribution in [1.29, 1.82) is 0 Å². The van der Waals surface area contributed by atoms with E-state index in [4.69, 9.17) is 0 Å². The standard InChI is InChI=1S/C49H42N2O3/c52-37-24-20-31-10-1-5-16-38(31)42(28-37)46-39-17-6-2-11-32(39)21-25-43(46)50-29-35-14-9-15-36(49(35)54)30-51-44-26-22-33-12-3-7-18-40(33)47(44)48-41-19-8-4-13-34(41)23-27-45(48)53/h1,3-5,7-18,20-28,41-42,50-54H,2,6,19,29-30H2. The summed E-state index contributed by atoms with van der Waals surface area (Å²) in [5.74, 6) is 0.661. The quantitative estimate of drug-likeness (QED) is 0.111. The summed E-state index contributed by atoms with van der Waals surface area (Å²) in [5.41, 5.74) is 9.87. The molecule has 2 unspecified atom stereocenters. The molecular weight excluding hydrogens is 665 g/mol. The molecule has 9 rings (SSSR count). The lowest BCUT2D eigenvalue weighted by atomic mass is 9.77. The van der Waals surface area contributed by atoms with Gasteiger partial charge in [-0.3, -0.25) is 0 Å². The number of nitrogens with one attached hydrogen (secondary N) is 2.